The van der Waals surface area contributed by atoms with Gasteiger partial charge in [-0.25, -0.2) is 9.97 Å². The Morgan fingerprint density at radius 3 is 2.67 bits per heavy atom. The van der Waals surface area contributed by atoms with Crippen molar-refractivity contribution in [3.05, 3.63) is 89.0 Å². The third-order valence-electron chi connectivity index (χ3n) is 7.28. The molecule has 1 aliphatic rings. The van der Waals surface area contributed by atoms with Crippen LogP contribution in [0, 0.1) is 0 Å². The number of anilines is 3. The van der Waals surface area contributed by atoms with Gasteiger partial charge in [0.2, 0.25) is 0 Å². The Labute approximate surface area is 246 Å². The first-order chi connectivity index (χ1) is 20.3. The number of carbonyl (C=O) groups excluding carboxylic acids is 1. The van der Waals surface area contributed by atoms with E-state index >= 15 is 0 Å². The number of nitrogens with two attached hydrogens (primary N) is 1. The van der Waals surface area contributed by atoms with E-state index in [9.17, 15) is 9.90 Å². The molecule has 3 aromatic heterocycles. The van der Waals surface area contributed by atoms with E-state index in [4.69, 9.17) is 17.3 Å². The second kappa shape index (κ2) is 11.3. The van der Waals surface area contributed by atoms with Gasteiger partial charge in [-0.2, -0.15) is 4.52 Å². The number of nitrogens with one attached hydrogen (secondary N) is 3. The molecule has 6 rings (SSSR count). The molecule has 13 heteroatoms. The van der Waals surface area contributed by atoms with Gasteiger partial charge in [0.1, 0.15) is 0 Å². The molecule has 1 atom stereocenters. The molecule has 4 heterocycles. The Hall–Kier alpha value is -4.65. The second-order valence-electron chi connectivity index (χ2n) is 10.2. The zero-order chi connectivity index (χ0) is 29.3. The summed E-state index contributed by atoms with van der Waals surface area (Å²) >= 11 is 6.10. The highest BCUT2D eigenvalue weighted by Gasteiger charge is 2.31. The van der Waals surface area contributed by atoms with Crippen LogP contribution in [0.3, 0.4) is 0 Å². The van der Waals surface area contributed by atoms with E-state index in [0.717, 1.165) is 29.9 Å². The lowest BCUT2D eigenvalue weighted by molar-refractivity contribution is 0.00595. The molecule has 2 aromatic carbocycles. The molecule has 0 radical (unpaired) electrons. The quantitative estimate of drug-likeness (QED) is 0.190. The molecule has 0 aliphatic carbocycles. The van der Waals surface area contributed by atoms with Crippen LogP contribution < -0.4 is 21.7 Å². The average molecular weight is 585 g/mol. The number of amides is 1. The third kappa shape index (κ3) is 5.59. The fraction of sp³-hybridized carbons (Fsp3) is 0.241. The minimum atomic E-state index is -0.857. The van der Waals surface area contributed by atoms with Crippen molar-refractivity contribution in [3.63, 3.8) is 0 Å². The van der Waals surface area contributed by atoms with Gasteiger partial charge < -0.3 is 26.8 Å². The van der Waals surface area contributed by atoms with E-state index in [1.165, 1.54) is 6.20 Å². The van der Waals surface area contributed by atoms with Gasteiger partial charge in [-0.3, -0.25) is 4.79 Å². The van der Waals surface area contributed by atoms with Gasteiger partial charge in [0.05, 0.1) is 23.5 Å². The molecule has 6 N–H and O–H groups in total. The molecule has 1 saturated heterocycles. The van der Waals surface area contributed by atoms with Crippen molar-refractivity contribution in [2.24, 2.45) is 0 Å². The summed E-state index contributed by atoms with van der Waals surface area (Å²) in [6, 6.07) is 17.7. The van der Waals surface area contributed by atoms with Gasteiger partial charge in [0, 0.05) is 16.3 Å². The lowest BCUT2D eigenvalue weighted by Gasteiger charge is -2.33. The van der Waals surface area contributed by atoms with Gasteiger partial charge >= 0.3 is 0 Å². The highest BCUT2D eigenvalue weighted by molar-refractivity contribution is 6.30. The van der Waals surface area contributed by atoms with Gasteiger partial charge in [0.15, 0.2) is 28.8 Å². The van der Waals surface area contributed by atoms with Crippen molar-refractivity contribution >= 4 is 40.5 Å². The first kappa shape index (κ1) is 27.5. The summed E-state index contributed by atoms with van der Waals surface area (Å²) in [5.74, 6) is 0.453. The molecule has 0 unspecified atom stereocenters. The molecule has 214 valence electrons. The Morgan fingerprint density at radius 2 is 1.90 bits per heavy atom. The van der Waals surface area contributed by atoms with Crippen LogP contribution in [0.25, 0.3) is 16.9 Å². The number of nitrogens with zero attached hydrogens (tertiary/aromatic N) is 6. The number of aromatic nitrogens is 6. The number of piperidine rings is 1. The van der Waals surface area contributed by atoms with Crippen LogP contribution in [-0.2, 0) is 5.60 Å². The molecule has 5 aromatic rings. The standard InChI is InChI=1S/C29H29ClN10O2/c1-17(27-38-37-24-10-9-23(39-40(24)27)35-21-4-2-3-20(30)15-21)34-28(41)25-26(31)33-16-22(36-25)18-5-7-19(8-6-18)29(42)11-13-32-14-12-29/h2-10,15-17,32,42H,11-14H2,1H3,(H2,31,33)(H,34,41)(H,35,39)/t17-/m1/s1. The summed E-state index contributed by atoms with van der Waals surface area (Å²) < 4.78 is 1.56. The number of benzene rings is 2. The van der Waals surface area contributed by atoms with Crippen molar-refractivity contribution in [1.29, 1.82) is 0 Å². The van der Waals surface area contributed by atoms with Crippen LogP contribution in [0.1, 0.15) is 47.7 Å². The minimum Gasteiger partial charge on any atom is -0.385 e. The summed E-state index contributed by atoms with van der Waals surface area (Å²) in [4.78, 5) is 22.0. The number of halogens is 1. The monoisotopic (exact) mass is 584 g/mol. The SMILES string of the molecule is C[C@@H](NC(=O)c1nc(-c2ccc(C3(O)CCNCC3)cc2)cnc1N)c1nnc2ccc(Nc3cccc(Cl)c3)nn12. The normalized spacial score (nSPS) is 15.3. The number of nitrogen functional groups attached to an aromatic ring is 1. The molecule has 0 bridgehead atoms. The maximum absolute atomic E-state index is 13.3. The molecular formula is C29H29ClN10O2. The largest absolute Gasteiger partial charge is 0.385 e. The van der Waals surface area contributed by atoms with Crippen molar-refractivity contribution < 1.29 is 9.90 Å². The lowest BCUT2D eigenvalue weighted by Crippen LogP contribution is -2.39. The molecule has 0 saturated carbocycles. The summed E-state index contributed by atoms with van der Waals surface area (Å²) in [5, 5.41) is 34.0. The van der Waals surface area contributed by atoms with Crippen LogP contribution >= 0.6 is 11.6 Å². The van der Waals surface area contributed by atoms with Crippen molar-refractivity contribution in [2.45, 2.75) is 31.4 Å². The Kier molecular flexibility index (Phi) is 7.42. The number of rotatable bonds is 7. The van der Waals surface area contributed by atoms with Crippen molar-refractivity contribution in [2.75, 3.05) is 24.1 Å². The van der Waals surface area contributed by atoms with Crippen LogP contribution in [0.15, 0.2) is 66.9 Å². The fourth-order valence-electron chi connectivity index (χ4n) is 4.97. The Bertz CT molecular complexity index is 1750. The summed E-state index contributed by atoms with van der Waals surface area (Å²) in [7, 11) is 0. The van der Waals surface area contributed by atoms with Crippen LogP contribution in [0.2, 0.25) is 5.02 Å². The first-order valence-corrected chi connectivity index (χ1v) is 13.9. The molecule has 0 spiro atoms. The topological polar surface area (TPSA) is 168 Å². The van der Waals surface area contributed by atoms with E-state index in [1.807, 2.05) is 36.4 Å². The summed E-state index contributed by atoms with van der Waals surface area (Å²) in [5.41, 5.74) is 8.57. The number of carbonyl (C=O) groups is 1. The van der Waals surface area contributed by atoms with E-state index in [0.29, 0.717) is 40.8 Å². The number of hydrogen-bond acceptors (Lipinski definition) is 10. The highest BCUT2D eigenvalue weighted by Crippen LogP contribution is 2.32. The fourth-order valence-corrected chi connectivity index (χ4v) is 5.16. The van der Waals surface area contributed by atoms with E-state index in [1.54, 1.807) is 35.7 Å². The van der Waals surface area contributed by atoms with Crippen molar-refractivity contribution in [3.8, 4) is 11.3 Å². The van der Waals surface area contributed by atoms with Crippen LogP contribution in [0.4, 0.5) is 17.3 Å². The molecular weight excluding hydrogens is 556 g/mol. The molecule has 1 aliphatic heterocycles. The van der Waals surface area contributed by atoms with E-state index in [-0.39, 0.29) is 11.5 Å². The van der Waals surface area contributed by atoms with Gasteiger partial charge in [-0.05, 0) is 68.8 Å². The molecule has 1 fully saturated rings. The predicted octanol–water partition coefficient (Wildman–Crippen LogP) is 3.62. The predicted molar refractivity (Wildman–Crippen MR) is 159 cm³/mol. The molecule has 42 heavy (non-hydrogen) atoms. The maximum Gasteiger partial charge on any atom is 0.274 e. The van der Waals surface area contributed by atoms with Gasteiger partial charge in [-0.15, -0.1) is 15.3 Å². The third-order valence-corrected chi connectivity index (χ3v) is 7.52. The minimum absolute atomic E-state index is 0.00122. The maximum atomic E-state index is 13.3. The zero-order valence-electron chi connectivity index (χ0n) is 22.8. The Morgan fingerprint density at radius 1 is 1.12 bits per heavy atom. The van der Waals surface area contributed by atoms with E-state index < -0.39 is 17.6 Å². The van der Waals surface area contributed by atoms with Gasteiger partial charge in [-0.1, -0.05) is 41.9 Å². The van der Waals surface area contributed by atoms with Crippen molar-refractivity contribution in [1.82, 2.24) is 40.4 Å². The van der Waals surface area contributed by atoms with Gasteiger partial charge in [0.25, 0.3) is 5.91 Å². The Balaban J connectivity index is 1.20. The number of hydrogen-bond donors (Lipinski definition) is 5. The first-order valence-electron chi connectivity index (χ1n) is 13.5. The van der Waals surface area contributed by atoms with Crippen LogP contribution in [-0.4, -0.2) is 53.9 Å². The van der Waals surface area contributed by atoms with E-state index in [2.05, 4.69) is 41.2 Å². The molecule has 12 nitrogen and oxygen atoms in total. The smallest absolute Gasteiger partial charge is 0.274 e. The highest BCUT2D eigenvalue weighted by atomic mass is 35.5. The average Bonchev–Trinajstić information content (AvgIpc) is 3.41. The summed E-state index contributed by atoms with van der Waals surface area (Å²) in [6.07, 6.45) is 2.81. The molecule has 1 amide bonds. The van der Waals surface area contributed by atoms with Crippen LogP contribution in [0.5, 0.6) is 0 Å². The summed E-state index contributed by atoms with van der Waals surface area (Å²) in [6.45, 7) is 3.30. The second-order valence-corrected chi connectivity index (χ2v) is 10.7. The lowest BCUT2D eigenvalue weighted by atomic mass is 9.85. The number of fused-ring (bicyclic) bond motifs is 1. The number of aliphatic hydroxyl groups is 1. The zero-order valence-corrected chi connectivity index (χ0v) is 23.5.